The Kier molecular flexibility index (Phi) is 9.19. The normalized spacial score (nSPS) is 20.9. The van der Waals surface area contributed by atoms with Gasteiger partial charge in [0.1, 0.15) is 23.2 Å². The van der Waals surface area contributed by atoms with Crippen LogP contribution in [0.1, 0.15) is 13.3 Å². The smallest absolute Gasteiger partial charge is 0.223 e. The minimum atomic E-state index is -0.926. The number of nitrogens with zero attached hydrogens (tertiary/aromatic N) is 4. The number of ether oxygens (including phenoxy) is 3. The minimum absolute atomic E-state index is 0.0287. The fourth-order valence-electron chi connectivity index (χ4n) is 5.12. The topological polar surface area (TPSA) is 143 Å². The molecule has 0 radical (unpaired) electrons. The Bertz CT molecular complexity index is 1460. The molecule has 0 saturated carbocycles. The average molecular weight is 619 g/mol. The van der Waals surface area contributed by atoms with Crippen LogP contribution in [0.15, 0.2) is 31.0 Å². The van der Waals surface area contributed by atoms with Crippen molar-refractivity contribution >= 4 is 51.8 Å². The molecule has 0 spiro atoms. The maximum Gasteiger partial charge on any atom is 0.223 e. The first-order chi connectivity index (χ1) is 20.2. The highest BCUT2D eigenvalue weighted by molar-refractivity contribution is 6.41. The van der Waals surface area contributed by atoms with Crippen LogP contribution < -0.4 is 25.4 Å². The van der Waals surface area contributed by atoms with E-state index in [1.807, 2.05) is 0 Å². The van der Waals surface area contributed by atoms with Gasteiger partial charge in [-0.15, -0.1) is 0 Å². The highest BCUT2D eigenvalue weighted by atomic mass is 35.5. The molecule has 0 aliphatic carbocycles. The summed E-state index contributed by atoms with van der Waals surface area (Å²) in [6.45, 7) is 7.13. The maximum atomic E-state index is 12.1. The molecular weight excluding hydrogens is 585 g/mol. The maximum absolute atomic E-state index is 12.1. The Balaban J connectivity index is 1.56. The molecule has 5 rings (SSSR count). The molecule has 2 saturated heterocycles. The van der Waals surface area contributed by atoms with Gasteiger partial charge in [-0.05, 0) is 18.6 Å². The van der Waals surface area contributed by atoms with E-state index in [2.05, 4.69) is 27.5 Å². The van der Waals surface area contributed by atoms with Crippen molar-refractivity contribution in [1.29, 1.82) is 0 Å². The van der Waals surface area contributed by atoms with Gasteiger partial charge in [0.05, 0.1) is 48.6 Å². The first-order valence-electron chi connectivity index (χ1n) is 13.4. The van der Waals surface area contributed by atoms with Crippen molar-refractivity contribution in [3.8, 4) is 22.8 Å². The standard InChI is InChI=1S/C28H33Cl2N7O5/c1-5-22(39)33-18-11-37(14(2)38)12-19(18)35-28-31-10-15-8-17(23-24(29)20(40-3)9-21(41-4)25(23)30)34-27(26(15)36-28)32-16-6-7-42-13-16/h5,8-10,16,18-19,22,33,39H,1,6-7,11-13H2,2-4H3,(H,32,34)(H,31,35,36)/t16?,18-,19+,22?/m0/s1. The number of rotatable bonds is 10. The number of methoxy groups -OCH3 is 2. The molecule has 2 fully saturated rings. The SMILES string of the molecule is C=CC(O)N[C@H]1CN(C(C)=O)C[C@H]1Nc1ncc2cc(-c3c(Cl)c(OC)cc(OC)c3Cl)nc(NC3CCOC3)c2n1. The van der Waals surface area contributed by atoms with E-state index in [4.69, 9.17) is 47.4 Å². The van der Waals surface area contributed by atoms with Gasteiger partial charge in [0.25, 0.3) is 0 Å². The molecule has 2 unspecified atom stereocenters. The number of pyridine rings is 1. The second-order valence-corrected chi connectivity index (χ2v) is 10.9. The van der Waals surface area contributed by atoms with Crippen molar-refractivity contribution in [3.63, 3.8) is 0 Å². The van der Waals surface area contributed by atoms with Crippen LogP contribution in [0, 0.1) is 0 Å². The summed E-state index contributed by atoms with van der Waals surface area (Å²) in [5.41, 5.74) is 1.51. The Labute approximate surface area is 253 Å². The number of hydrogen-bond acceptors (Lipinski definition) is 11. The number of carbonyl (C=O) groups excluding carboxylic acids is 1. The lowest BCUT2D eigenvalue weighted by Gasteiger charge is -2.23. The number of aliphatic hydroxyl groups is 1. The number of carbonyl (C=O) groups is 1. The van der Waals surface area contributed by atoms with E-state index in [1.165, 1.54) is 27.2 Å². The van der Waals surface area contributed by atoms with Gasteiger partial charge < -0.3 is 34.9 Å². The number of likely N-dealkylation sites (tertiary alicyclic amines) is 1. The summed E-state index contributed by atoms with van der Waals surface area (Å²) in [6, 6.07) is 2.93. The summed E-state index contributed by atoms with van der Waals surface area (Å²) in [6.07, 6.45) is 2.96. The number of anilines is 2. The van der Waals surface area contributed by atoms with Crippen molar-refractivity contribution < 1.29 is 24.1 Å². The van der Waals surface area contributed by atoms with Gasteiger partial charge in [0, 0.05) is 55.9 Å². The second-order valence-electron chi connectivity index (χ2n) is 10.1. The van der Waals surface area contributed by atoms with Crippen molar-refractivity contribution in [2.45, 2.75) is 37.7 Å². The molecule has 224 valence electrons. The van der Waals surface area contributed by atoms with Gasteiger partial charge in [0.15, 0.2) is 5.82 Å². The molecule has 12 nitrogen and oxygen atoms in total. The number of benzene rings is 1. The first kappa shape index (κ1) is 30.1. The Morgan fingerprint density at radius 1 is 1.17 bits per heavy atom. The van der Waals surface area contributed by atoms with Crippen LogP contribution in [-0.2, 0) is 9.53 Å². The molecule has 3 aromatic rings. The minimum Gasteiger partial charge on any atom is -0.495 e. The molecule has 2 aromatic heterocycles. The molecule has 4 heterocycles. The van der Waals surface area contributed by atoms with E-state index >= 15 is 0 Å². The van der Waals surface area contributed by atoms with Gasteiger partial charge in [-0.1, -0.05) is 29.8 Å². The van der Waals surface area contributed by atoms with E-state index in [9.17, 15) is 9.90 Å². The van der Waals surface area contributed by atoms with Crippen LogP contribution in [0.25, 0.3) is 22.2 Å². The molecule has 2 aliphatic rings. The molecule has 1 amide bonds. The lowest BCUT2D eigenvalue weighted by molar-refractivity contribution is -0.127. The molecular formula is C28H33Cl2N7O5. The monoisotopic (exact) mass is 617 g/mol. The zero-order valence-electron chi connectivity index (χ0n) is 23.5. The Hall–Kier alpha value is -3.42. The number of aromatic nitrogens is 3. The second kappa shape index (κ2) is 12.8. The van der Waals surface area contributed by atoms with E-state index in [0.717, 1.165) is 6.42 Å². The first-order valence-corrected chi connectivity index (χ1v) is 14.2. The van der Waals surface area contributed by atoms with Crippen molar-refractivity contribution in [2.75, 3.05) is 51.2 Å². The van der Waals surface area contributed by atoms with Gasteiger partial charge in [0.2, 0.25) is 11.9 Å². The molecule has 0 bridgehead atoms. The molecule has 14 heteroatoms. The summed E-state index contributed by atoms with van der Waals surface area (Å²) in [5.74, 6) is 1.57. The molecule has 42 heavy (non-hydrogen) atoms. The molecule has 4 atom stereocenters. The van der Waals surface area contributed by atoms with Crippen LogP contribution in [-0.4, -0.2) is 95.7 Å². The summed E-state index contributed by atoms with van der Waals surface area (Å²) in [4.78, 5) is 28.1. The van der Waals surface area contributed by atoms with Crippen LogP contribution in [0.5, 0.6) is 11.5 Å². The van der Waals surface area contributed by atoms with Crippen molar-refractivity contribution in [2.24, 2.45) is 0 Å². The van der Waals surface area contributed by atoms with Crippen molar-refractivity contribution in [1.82, 2.24) is 25.2 Å². The van der Waals surface area contributed by atoms with Gasteiger partial charge in [-0.3, -0.25) is 10.1 Å². The summed E-state index contributed by atoms with van der Waals surface area (Å²) in [5, 5.41) is 21.3. The predicted octanol–water partition coefficient (Wildman–Crippen LogP) is 3.32. The van der Waals surface area contributed by atoms with E-state index < -0.39 is 6.23 Å². The number of amides is 1. The number of fused-ring (bicyclic) bond motifs is 1. The van der Waals surface area contributed by atoms with Gasteiger partial charge in [-0.25, -0.2) is 15.0 Å². The van der Waals surface area contributed by atoms with Gasteiger partial charge in [-0.2, -0.15) is 0 Å². The Morgan fingerprint density at radius 3 is 2.50 bits per heavy atom. The highest BCUT2D eigenvalue weighted by Gasteiger charge is 2.35. The van der Waals surface area contributed by atoms with Crippen LogP contribution in [0.3, 0.4) is 0 Å². The summed E-state index contributed by atoms with van der Waals surface area (Å²) < 4.78 is 16.5. The number of halogens is 2. The quantitative estimate of drug-likeness (QED) is 0.196. The number of aliphatic hydroxyl groups excluding tert-OH is 1. The average Bonchev–Trinajstić information content (AvgIpc) is 3.63. The largest absolute Gasteiger partial charge is 0.495 e. The van der Waals surface area contributed by atoms with Crippen LogP contribution >= 0.6 is 23.2 Å². The number of nitrogens with one attached hydrogen (secondary N) is 3. The summed E-state index contributed by atoms with van der Waals surface area (Å²) >= 11 is 13.4. The van der Waals surface area contributed by atoms with Crippen LogP contribution in [0.2, 0.25) is 10.0 Å². The van der Waals surface area contributed by atoms with E-state index in [0.29, 0.717) is 81.8 Å². The highest BCUT2D eigenvalue weighted by Crippen LogP contribution is 2.46. The van der Waals surface area contributed by atoms with E-state index in [1.54, 1.807) is 23.2 Å². The van der Waals surface area contributed by atoms with Gasteiger partial charge >= 0.3 is 0 Å². The molecule has 1 aromatic carbocycles. The zero-order valence-corrected chi connectivity index (χ0v) is 25.0. The van der Waals surface area contributed by atoms with Crippen molar-refractivity contribution in [3.05, 3.63) is 41.0 Å². The zero-order chi connectivity index (χ0) is 30.0. The summed E-state index contributed by atoms with van der Waals surface area (Å²) in [7, 11) is 3.03. The third-order valence-electron chi connectivity index (χ3n) is 7.35. The predicted molar refractivity (Wildman–Crippen MR) is 162 cm³/mol. The third-order valence-corrected chi connectivity index (χ3v) is 8.10. The fraction of sp³-hybridized carbons (Fsp3) is 0.429. The fourth-order valence-corrected chi connectivity index (χ4v) is 5.81. The van der Waals surface area contributed by atoms with E-state index in [-0.39, 0.29) is 24.0 Å². The lowest BCUT2D eigenvalue weighted by Crippen LogP contribution is -2.47. The molecule has 4 N–H and O–H groups in total. The molecule has 2 aliphatic heterocycles. The number of hydrogen-bond donors (Lipinski definition) is 4. The third kappa shape index (κ3) is 6.18. The lowest BCUT2D eigenvalue weighted by atomic mass is 10.1. The Morgan fingerprint density at radius 2 is 1.88 bits per heavy atom. The van der Waals surface area contributed by atoms with Crippen LogP contribution in [0.4, 0.5) is 11.8 Å².